The summed E-state index contributed by atoms with van der Waals surface area (Å²) in [7, 11) is 0. The molecule has 4 N–H and O–H groups in total. The van der Waals surface area contributed by atoms with Crippen LogP contribution in [0.5, 0.6) is 0 Å². The molecule has 0 radical (unpaired) electrons. The molecule has 1 rings (SSSR count). The quantitative estimate of drug-likeness (QED) is 0.281. The van der Waals surface area contributed by atoms with Crippen molar-refractivity contribution in [2.75, 3.05) is 0 Å². The number of amidine groups is 1. The molecule has 1 aliphatic carbocycles. The zero-order valence-electron chi connectivity index (χ0n) is 11.6. The molecule has 0 saturated heterocycles. The molecule has 1 fully saturated rings. The Kier molecular flexibility index (Phi) is 4.99. The summed E-state index contributed by atoms with van der Waals surface area (Å²) < 4.78 is 0. The van der Waals surface area contributed by atoms with Gasteiger partial charge in [-0.1, -0.05) is 31.8 Å². The molecule has 0 aliphatic heterocycles. The number of rotatable bonds is 7. The fourth-order valence-electron chi connectivity index (χ4n) is 2.42. The summed E-state index contributed by atoms with van der Waals surface area (Å²) in [5.74, 6) is 0.640. The van der Waals surface area contributed by atoms with E-state index in [4.69, 9.17) is 10.9 Å². The highest BCUT2D eigenvalue weighted by atomic mass is 16.4. The molecule has 0 heterocycles. The van der Waals surface area contributed by atoms with Gasteiger partial charge in [0.15, 0.2) is 5.84 Å². The summed E-state index contributed by atoms with van der Waals surface area (Å²) in [6.07, 6.45) is 4.62. The third-order valence-electron chi connectivity index (χ3n) is 4.00. The Morgan fingerprint density at radius 1 is 1.50 bits per heavy atom. The minimum atomic E-state index is -0.882. The predicted molar refractivity (Wildman–Crippen MR) is 71.4 cm³/mol. The van der Waals surface area contributed by atoms with E-state index >= 15 is 0 Å². The molecule has 5 nitrogen and oxygen atoms in total. The molecule has 1 atom stereocenters. The molecule has 104 valence electrons. The van der Waals surface area contributed by atoms with Crippen LogP contribution in [0.2, 0.25) is 0 Å². The molecule has 5 heteroatoms. The average Bonchev–Trinajstić information content (AvgIpc) is 3.14. The van der Waals surface area contributed by atoms with Crippen molar-refractivity contribution in [1.82, 2.24) is 5.32 Å². The number of oxime groups is 1. The van der Waals surface area contributed by atoms with Gasteiger partial charge in [-0.3, -0.25) is 4.79 Å². The maximum atomic E-state index is 12.4. The minimum Gasteiger partial charge on any atom is -0.409 e. The smallest absolute Gasteiger partial charge is 0.234 e. The van der Waals surface area contributed by atoms with Gasteiger partial charge in [-0.2, -0.15) is 0 Å². The van der Waals surface area contributed by atoms with Crippen molar-refractivity contribution >= 4 is 11.7 Å². The van der Waals surface area contributed by atoms with Crippen LogP contribution < -0.4 is 11.1 Å². The highest BCUT2D eigenvalue weighted by Crippen LogP contribution is 2.34. The number of hydrogen-bond donors (Lipinski definition) is 3. The Bertz CT molecular complexity index is 320. The first kappa shape index (κ1) is 14.8. The van der Waals surface area contributed by atoms with E-state index in [1.807, 2.05) is 20.8 Å². The van der Waals surface area contributed by atoms with E-state index in [2.05, 4.69) is 10.5 Å². The maximum Gasteiger partial charge on any atom is 0.234 e. The van der Waals surface area contributed by atoms with Crippen molar-refractivity contribution in [3.63, 3.8) is 0 Å². The van der Waals surface area contributed by atoms with E-state index in [0.29, 0.717) is 12.8 Å². The second kappa shape index (κ2) is 6.07. The number of nitrogens with zero attached hydrogens (tertiary/aromatic N) is 1. The van der Waals surface area contributed by atoms with Gasteiger partial charge in [0.05, 0.1) is 0 Å². The Morgan fingerprint density at radius 3 is 2.44 bits per heavy atom. The van der Waals surface area contributed by atoms with Crippen LogP contribution in [0.3, 0.4) is 0 Å². The summed E-state index contributed by atoms with van der Waals surface area (Å²) in [5.41, 5.74) is 4.82. The van der Waals surface area contributed by atoms with Crippen LogP contribution in [-0.4, -0.2) is 23.0 Å². The Morgan fingerprint density at radius 2 is 2.06 bits per heavy atom. The molecule has 1 aliphatic rings. The lowest BCUT2D eigenvalue weighted by atomic mass is 9.80. The number of amides is 1. The summed E-state index contributed by atoms with van der Waals surface area (Å²) in [5, 5.41) is 14.9. The fraction of sp³-hybridized carbons (Fsp3) is 0.846. The number of nitrogens with two attached hydrogens (primary N) is 1. The highest BCUT2D eigenvalue weighted by molar-refractivity contribution is 6.06. The number of carbonyl (C=O) groups is 1. The minimum absolute atomic E-state index is 0.00335. The average molecular weight is 255 g/mol. The van der Waals surface area contributed by atoms with Crippen LogP contribution in [0.1, 0.15) is 52.9 Å². The van der Waals surface area contributed by atoms with Crippen LogP contribution in [0.15, 0.2) is 5.16 Å². The van der Waals surface area contributed by atoms with Crippen molar-refractivity contribution in [2.24, 2.45) is 22.2 Å². The third kappa shape index (κ3) is 3.15. The lowest BCUT2D eigenvalue weighted by molar-refractivity contribution is -0.128. The molecule has 18 heavy (non-hydrogen) atoms. The predicted octanol–water partition coefficient (Wildman–Crippen LogP) is 1.84. The third-order valence-corrected chi connectivity index (χ3v) is 4.00. The first-order valence-corrected chi connectivity index (χ1v) is 6.79. The van der Waals surface area contributed by atoms with Gasteiger partial charge in [0.1, 0.15) is 5.41 Å². The van der Waals surface area contributed by atoms with Crippen molar-refractivity contribution < 1.29 is 10.0 Å². The van der Waals surface area contributed by atoms with Gasteiger partial charge < -0.3 is 16.3 Å². The first-order chi connectivity index (χ1) is 8.50. The van der Waals surface area contributed by atoms with Gasteiger partial charge in [-0.25, -0.2) is 0 Å². The largest absolute Gasteiger partial charge is 0.409 e. The molecular weight excluding hydrogens is 230 g/mol. The zero-order chi connectivity index (χ0) is 13.8. The summed E-state index contributed by atoms with van der Waals surface area (Å²) in [4.78, 5) is 12.4. The Balaban J connectivity index is 2.69. The van der Waals surface area contributed by atoms with E-state index in [-0.39, 0.29) is 17.8 Å². The number of hydrogen-bond acceptors (Lipinski definition) is 3. The van der Waals surface area contributed by atoms with Crippen LogP contribution >= 0.6 is 0 Å². The SMILES string of the molecule is CCC(CC)(C(=O)NC(C)CC1CC1)C(N)=NO. The molecule has 1 unspecified atom stereocenters. The van der Waals surface area contributed by atoms with Gasteiger partial charge in [0.25, 0.3) is 0 Å². The monoisotopic (exact) mass is 255 g/mol. The van der Waals surface area contributed by atoms with Gasteiger partial charge in [-0.05, 0) is 32.1 Å². The summed E-state index contributed by atoms with van der Waals surface area (Å²) in [6.45, 7) is 5.78. The zero-order valence-corrected chi connectivity index (χ0v) is 11.6. The van der Waals surface area contributed by atoms with Crippen LogP contribution in [0.25, 0.3) is 0 Å². The van der Waals surface area contributed by atoms with E-state index in [1.165, 1.54) is 12.8 Å². The van der Waals surface area contributed by atoms with Crippen LogP contribution in [0, 0.1) is 11.3 Å². The van der Waals surface area contributed by atoms with Crippen molar-refractivity contribution in [2.45, 2.75) is 58.9 Å². The Labute approximate surface area is 109 Å². The summed E-state index contributed by atoms with van der Waals surface area (Å²) >= 11 is 0. The molecule has 0 bridgehead atoms. The molecule has 0 aromatic carbocycles. The molecule has 1 amide bonds. The van der Waals surface area contributed by atoms with E-state index in [1.54, 1.807) is 0 Å². The molecule has 1 saturated carbocycles. The van der Waals surface area contributed by atoms with Gasteiger partial charge in [-0.15, -0.1) is 0 Å². The van der Waals surface area contributed by atoms with Crippen LogP contribution in [0.4, 0.5) is 0 Å². The molecular formula is C13H25N3O2. The van der Waals surface area contributed by atoms with E-state index < -0.39 is 5.41 Å². The van der Waals surface area contributed by atoms with Gasteiger partial charge in [0, 0.05) is 6.04 Å². The topological polar surface area (TPSA) is 87.7 Å². The highest BCUT2D eigenvalue weighted by Gasteiger charge is 2.40. The Hall–Kier alpha value is -1.26. The standard InChI is InChI=1S/C13H25N3O2/c1-4-13(5-2,11(14)16-18)12(17)15-9(3)8-10-6-7-10/h9-10,18H,4-8H2,1-3H3,(H2,14,16)(H,15,17). The summed E-state index contributed by atoms with van der Waals surface area (Å²) in [6, 6.07) is 0.147. The number of carbonyl (C=O) groups excluding carboxylic acids is 1. The number of nitrogens with one attached hydrogen (secondary N) is 1. The van der Waals surface area contributed by atoms with Crippen molar-refractivity contribution in [3.05, 3.63) is 0 Å². The van der Waals surface area contributed by atoms with Crippen molar-refractivity contribution in [1.29, 1.82) is 0 Å². The second-order valence-electron chi connectivity index (χ2n) is 5.33. The second-order valence-corrected chi connectivity index (χ2v) is 5.33. The van der Waals surface area contributed by atoms with Crippen molar-refractivity contribution in [3.8, 4) is 0 Å². The molecule has 0 spiro atoms. The van der Waals surface area contributed by atoms with Gasteiger partial charge in [0.2, 0.25) is 5.91 Å². The van der Waals surface area contributed by atoms with E-state index in [9.17, 15) is 4.79 Å². The lowest BCUT2D eigenvalue weighted by Gasteiger charge is -2.30. The lowest BCUT2D eigenvalue weighted by Crippen LogP contribution is -2.51. The van der Waals surface area contributed by atoms with E-state index in [0.717, 1.165) is 12.3 Å². The maximum absolute atomic E-state index is 12.4. The van der Waals surface area contributed by atoms with Gasteiger partial charge >= 0.3 is 0 Å². The normalized spacial score (nSPS) is 18.5. The molecule has 0 aromatic rings. The molecule has 0 aromatic heterocycles. The fourth-order valence-corrected chi connectivity index (χ4v) is 2.42. The van der Waals surface area contributed by atoms with Crippen LogP contribution in [-0.2, 0) is 4.79 Å². The first-order valence-electron chi connectivity index (χ1n) is 6.79.